The fourth-order valence-corrected chi connectivity index (χ4v) is 3.51. The number of nitrogens with one attached hydrogen (secondary N) is 1. The van der Waals surface area contributed by atoms with Gasteiger partial charge in [-0.25, -0.2) is 19.3 Å². The van der Waals surface area contributed by atoms with Gasteiger partial charge >= 0.3 is 5.69 Å². The number of ether oxygens (including phenoxy) is 2. The summed E-state index contributed by atoms with van der Waals surface area (Å²) in [6, 6.07) is 12.8. The number of hydrogen-bond donors (Lipinski definition) is 2. The lowest BCUT2D eigenvalue weighted by Gasteiger charge is -2.11. The second-order valence-corrected chi connectivity index (χ2v) is 7.54. The number of carbonyl (C=O) groups excluding carboxylic acids is 1. The first-order chi connectivity index (χ1) is 15.3. The lowest BCUT2D eigenvalue weighted by Crippen LogP contribution is -2.15. The maximum atomic E-state index is 12.9. The summed E-state index contributed by atoms with van der Waals surface area (Å²) in [4.78, 5) is 36.6. The van der Waals surface area contributed by atoms with Crippen LogP contribution in [-0.4, -0.2) is 39.6 Å². The number of rotatable bonds is 6. The molecule has 0 fully saturated rings. The van der Waals surface area contributed by atoms with E-state index in [0.29, 0.717) is 28.7 Å². The average Bonchev–Trinajstić information content (AvgIpc) is 3.13. The normalized spacial score (nSPS) is 11.2. The molecule has 0 saturated heterocycles. The Morgan fingerprint density at radius 3 is 2.31 bits per heavy atom. The predicted octanol–water partition coefficient (Wildman–Crippen LogP) is 3.02. The summed E-state index contributed by atoms with van der Waals surface area (Å²) in [6.07, 6.45) is 0. The number of hydrogen-bond acceptors (Lipinski definition) is 6. The Kier molecular flexibility index (Phi) is 5.40. The van der Waals surface area contributed by atoms with E-state index in [0.717, 1.165) is 5.56 Å². The zero-order valence-electron chi connectivity index (χ0n) is 18.2. The minimum Gasteiger partial charge on any atom is -0.493 e. The van der Waals surface area contributed by atoms with E-state index in [1.54, 1.807) is 18.2 Å². The number of methoxy groups -OCH3 is 2. The number of imidazole rings is 1. The summed E-state index contributed by atoms with van der Waals surface area (Å²) in [6.45, 7) is 4.20. The largest absolute Gasteiger partial charge is 0.493 e. The second-order valence-electron chi connectivity index (χ2n) is 7.54. The number of primary amides is 1. The maximum Gasteiger partial charge on any atom is 0.332 e. The van der Waals surface area contributed by atoms with E-state index in [1.165, 1.54) is 18.8 Å². The van der Waals surface area contributed by atoms with Crippen LogP contribution in [0.1, 0.15) is 35.8 Å². The summed E-state index contributed by atoms with van der Waals surface area (Å²) in [5.74, 6) is 0.851. The Balaban J connectivity index is 1.97. The summed E-state index contributed by atoms with van der Waals surface area (Å²) in [5.41, 5.74) is 7.76. The van der Waals surface area contributed by atoms with Gasteiger partial charge in [-0.15, -0.1) is 0 Å². The molecule has 4 aromatic rings. The van der Waals surface area contributed by atoms with Crippen LogP contribution in [0.5, 0.6) is 11.5 Å². The summed E-state index contributed by atoms with van der Waals surface area (Å²) >= 11 is 0. The molecule has 1 amide bonds. The SMILES string of the molecule is COc1ccc(-n2c(=O)[nH]c3c(C(N)=O)nc(-c4ccc(C(C)C)cc4)nc32)cc1OC. The highest BCUT2D eigenvalue weighted by Gasteiger charge is 2.21. The molecule has 0 radical (unpaired) electrons. The number of benzene rings is 2. The molecule has 3 N–H and O–H groups in total. The van der Waals surface area contributed by atoms with Gasteiger partial charge in [0.2, 0.25) is 0 Å². The number of fused-ring (bicyclic) bond motifs is 1. The predicted molar refractivity (Wildman–Crippen MR) is 121 cm³/mol. The molecule has 0 aliphatic heterocycles. The van der Waals surface area contributed by atoms with E-state index in [4.69, 9.17) is 15.2 Å². The number of amides is 1. The molecule has 4 rings (SSSR count). The van der Waals surface area contributed by atoms with Crippen molar-refractivity contribution in [2.45, 2.75) is 19.8 Å². The lowest BCUT2D eigenvalue weighted by molar-refractivity contribution is 0.0997. The first-order valence-electron chi connectivity index (χ1n) is 9.99. The molecule has 2 aromatic heterocycles. The third kappa shape index (κ3) is 3.58. The number of H-pyrrole nitrogens is 1. The van der Waals surface area contributed by atoms with Crippen LogP contribution >= 0.6 is 0 Å². The van der Waals surface area contributed by atoms with Crippen molar-refractivity contribution >= 4 is 17.1 Å². The van der Waals surface area contributed by atoms with Gasteiger partial charge in [0.15, 0.2) is 28.7 Å². The first kappa shape index (κ1) is 21.1. The molecule has 32 heavy (non-hydrogen) atoms. The standard InChI is InChI=1S/C23H23N5O4/c1-12(2)13-5-7-14(8-6-13)21-25-18(20(24)29)19-22(27-21)28(23(30)26-19)15-9-10-16(31-3)17(11-15)32-4/h5-12H,1-4H3,(H2,24,29)(H,26,30). The molecule has 0 aliphatic carbocycles. The molecule has 0 saturated carbocycles. The molecule has 0 bridgehead atoms. The highest BCUT2D eigenvalue weighted by molar-refractivity contribution is 6.02. The van der Waals surface area contributed by atoms with E-state index in [1.807, 2.05) is 24.3 Å². The van der Waals surface area contributed by atoms with Gasteiger partial charge in [-0.1, -0.05) is 38.1 Å². The Bertz CT molecular complexity index is 1370. The van der Waals surface area contributed by atoms with E-state index in [2.05, 4.69) is 28.8 Å². The van der Waals surface area contributed by atoms with Crippen LogP contribution in [-0.2, 0) is 0 Å². The Labute approximate surface area is 183 Å². The fourth-order valence-electron chi connectivity index (χ4n) is 3.51. The van der Waals surface area contributed by atoms with Crippen molar-refractivity contribution in [3.8, 4) is 28.6 Å². The Morgan fingerprint density at radius 2 is 1.72 bits per heavy atom. The molecule has 0 unspecified atom stereocenters. The third-order valence-corrected chi connectivity index (χ3v) is 5.23. The van der Waals surface area contributed by atoms with Crippen LogP contribution in [0.15, 0.2) is 47.3 Å². The first-order valence-corrected chi connectivity index (χ1v) is 9.99. The zero-order chi connectivity index (χ0) is 23.0. The quantitative estimate of drug-likeness (QED) is 0.481. The van der Waals surface area contributed by atoms with Crippen LogP contribution in [0, 0.1) is 0 Å². The van der Waals surface area contributed by atoms with Crippen LogP contribution in [0.25, 0.3) is 28.2 Å². The van der Waals surface area contributed by atoms with E-state index in [-0.39, 0.29) is 22.7 Å². The molecule has 0 aliphatic rings. The molecule has 0 spiro atoms. The molecule has 2 aromatic carbocycles. The minimum absolute atomic E-state index is 0.0609. The van der Waals surface area contributed by atoms with Crippen LogP contribution < -0.4 is 20.9 Å². The molecule has 164 valence electrons. The van der Waals surface area contributed by atoms with Gasteiger partial charge in [0.05, 0.1) is 19.9 Å². The van der Waals surface area contributed by atoms with Gasteiger partial charge in [0, 0.05) is 11.6 Å². The monoisotopic (exact) mass is 433 g/mol. The van der Waals surface area contributed by atoms with E-state index >= 15 is 0 Å². The summed E-state index contributed by atoms with van der Waals surface area (Å²) < 4.78 is 12.0. The van der Waals surface area contributed by atoms with Gasteiger partial charge in [0.1, 0.15) is 5.52 Å². The molecule has 9 heteroatoms. The molecular formula is C23H23N5O4. The highest BCUT2D eigenvalue weighted by atomic mass is 16.5. The number of nitrogens with two attached hydrogens (primary N) is 1. The number of aromatic amines is 1. The molecular weight excluding hydrogens is 410 g/mol. The maximum absolute atomic E-state index is 12.9. The topological polar surface area (TPSA) is 125 Å². The van der Waals surface area contributed by atoms with Crippen molar-refractivity contribution in [3.63, 3.8) is 0 Å². The fraction of sp³-hybridized carbons (Fsp3) is 0.217. The minimum atomic E-state index is -0.766. The number of carbonyl (C=O) groups is 1. The van der Waals surface area contributed by atoms with Gasteiger partial charge in [-0.05, 0) is 23.6 Å². The Hall–Kier alpha value is -4.14. The van der Waals surface area contributed by atoms with E-state index in [9.17, 15) is 9.59 Å². The number of nitrogens with zero attached hydrogens (tertiary/aromatic N) is 3. The average molecular weight is 433 g/mol. The lowest BCUT2D eigenvalue weighted by atomic mass is 10.0. The zero-order valence-corrected chi connectivity index (χ0v) is 18.2. The van der Waals surface area contributed by atoms with Gasteiger partial charge in [-0.3, -0.25) is 4.79 Å². The molecule has 9 nitrogen and oxygen atoms in total. The van der Waals surface area contributed by atoms with Crippen LogP contribution in [0.4, 0.5) is 0 Å². The van der Waals surface area contributed by atoms with Gasteiger partial charge in [-0.2, -0.15) is 0 Å². The van der Waals surface area contributed by atoms with Gasteiger partial charge in [0.25, 0.3) is 5.91 Å². The third-order valence-electron chi connectivity index (χ3n) is 5.23. The van der Waals surface area contributed by atoms with Crippen LogP contribution in [0.2, 0.25) is 0 Å². The van der Waals surface area contributed by atoms with Crippen molar-refractivity contribution in [3.05, 3.63) is 64.2 Å². The smallest absolute Gasteiger partial charge is 0.332 e. The van der Waals surface area contributed by atoms with E-state index < -0.39 is 11.6 Å². The van der Waals surface area contributed by atoms with Crippen molar-refractivity contribution < 1.29 is 14.3 Å². The van der Waals surface area contributed by atoms with Gasteiger partial charge < -0.3 is 20.2 Å². The Morgan fingerprint density at radius 1 is 1.03 bits per heavy atom. The summed E-state index contributed by atoms with van der Waals surface area (Å²) in [7, 11) is 3.03. The molecule has 0 atom stereocenters. The number of aromatic nitrogens is 4. The summed E-state index contributed by atoms with van der Waals surface area (Å²) in [5, 5.41) is 0. The highest BCUT2D eigenvalue weighted by Crippen LogP contribution is 2.30. The molecule has 2 heterocycles. The van der Waals surface area contributed by atoms with Crippen molar-refractivity contribution in [1.82, 2.24) is 19.5 Å². The van der Waals surface area contributed by atoms with Crippen molar-refractivity contribution in [2.75, 3.05) is 14.2 Å². The van der Waals surface area contributed by atoms with Crippen molar-refractivity contribution in [2.24, 2.45) is 5.73 Å². The second kappa shape index (κ2) is 8.18. The van der Waals surface area contributed by atoms with Crippen molar-refractivity contribution in [1.29, 1.82) is 0 Å². The van der Waals surface area contributed by atoms with Crippen LogP contribution in [0.3, 0.4) is 0 Å².